The summed E-state index contributed by atoms with van der Waals surface area (Å²) in [5.74, 6) is 0.996. The lowest BCUT2D eigenvalue weighted by Gasteiger charge is -2.24. The summed E-state index contributed by atoms with van der Waals surface area (Å²) < 4.78 is 5.56. The van der Waals surface area contributed by atoms with Gasteiger partial charge < -0.3 is 15.4 Å². The van der Waals surface area contributed by atoms with Crippen molar-refractivity contribution in [3.8, 4) is 5.75 Å². The summed E-state index contributed by atoms with van der Waals surface area (Å²) in [5.41, 5.74) is 8.19. The average Bonchev–Trinajstić information content (AvgIpc) is 2.39. The quantitative estimate of drug-likeness (QED) is 0.784. The van der Waals surface area contributed by atoms with Gasteiger partial charge in [0.15, 0.2) is 0 Å². The molecule has 19 heavy (non-hydrogen) atoms. The fourth-order valence-electron chi connectivity index (χ4n) is 2.17. The second-order valence-corrected chi connectivity index (χ2v) is 5.19. The zero-order valence-electron chi connectivity index (χ0n) is 12.8. The van der Waals surface area contributed by atoms with Gasteiger partial charge in [-0.2, -0.15) is 0 Å². The van der Waals surface area contributed by atoms with Gasteiger partial charge in [0.25, 0.3) is 0 Å². The third-order valence-corrected chi connectivity index (χ3v) is 3.63. The summed E-state index contributed by atoms with van der Waals surface area (Å²) in [6.07, 6.45) is 2.12. The van der Waals surface area contributed by atoms with Crippen molar-refractivity contribution in [2.24, 2.45) is 5.73 Å². The van der Waals surface area contributed by atoms with Crippen LogP contribution in [0.5, 0.6) is 5.75 Å². The minimum Gasteiger partial charge on any atom is -0.494 e. The lowest BCUT2D eigenvalue weighted by Crippen LogP contribution is -2.32. The molecule has 0 saturated heterocycles. The number of rotatable bonds is 8. The van der Waals surface area contributed by atoms with E-state index in [1.54, 1.807) is 0 Å². The summed E-state index contributed by atoms with van der Waals surface area (Å²) in [6.45, 7) is 8.90. The molecule has 1 unspecified atom stereocenters. The van der Waals surface area contributed by atoms with Crippen LogP contribution in [0.1, 0.15) is 31.4 Å². The van der Waals surface area contributed by atoms with E-state index in [0.29, 0.717) is 6.04 Å². The number of nitrogens with two attached hydrogens (primary N) is 1. The number of benzene rings is 1. The Morgan fingerprint density at radius 2 is 2.11 bits per heavy atom. The fourth-order valence-corrected chi connectivity index (χ4v) is 2.17. The van der Waals surface area contributed by atoms with Crippen LogP contribution >= 0.6 is 0 Å². The molecule has 1 atom stereocenters. The first-order valence-electron chi connectivity index (χ1n) is 7.21. The maximum Gasteiger partial charge on any atom is 0.122 e. The Labute approximate surface area is 117 Å². The van der Waals surface area contributed by atoms with E-state index in [4.69, 9.17) is 10.5 Å². The standard InChI is InChI=1S/C16H28N2O/c1-5-19-16-7-6-15(12-13(16)2)9-11-18(4)14(3)8-10-17/h6-7,12,14H,5,8-11,17H2,1-4H3. The summed E-state index contributed by atoms with van der Waals surface area (Å²) in [5, 5.41) is 0. The molecule has 0 amide bonds. The SMILES string of the molecule is CCOc1ccc(CCN(C)C(C)CCN)cc1C. The smallest absolute Gasteiger partial charge is 0.122 e. The first-order valence-corrected chi connectivity index (χ1v) is 7.21. The average molecular weight is 264 g/mol. The molecular weight excluding hydrogens is 236 g/mol. The minimum absolute atomic E-state index is 0.550. The molecule has 0 saturated carbocycles. The number of aryl methyl sites for hydroxylation is 1. The largest absolute Gasteiger partial charge is 0.494 e. The predicted octanol–water partition coefficient (Wildman–Crippen LogP) is 2.61. The topological polar surface area (TPSA) is 38.5 Å². The molecule has 3 heteroatoms. The van der Waals surface area contributed by atoms with E-state index in [1.807, 2.05) is 6.92 Å². The van der Waals surface area contributed by atoms with Crippen LogP contribution in [0.25, 0.3) is 0 Å². The summed E-state index contributed by atoms with van der Waals surface area (Å²) in [6, 6.07) is 7.03. The van der Waals surface area contributed by atoms with Crippen molar-refractivity contribution in [1.82, 2.24) is 4.90 Å². The van der Waals surface area contributed by atoms with Crippen LogP contribution in [0.15, 0.2) is 18.2 Å². The van der Waals surface area contributed by atoms with Gasteiger partial charge >= 0.3 is 0 Å². The van der Waals surface area contributed by atoms with Crippen LogP contribution in [-0.2, 0) is 6.42 Å². The molecule has 3 nitrogen and oxygen atoms in total. The zero-order valence-corrected chi connectivity index (χ0v) is 12.8. The second kappa shape index (κ2) is 8.18. The zero-order chi connectivity index (χ0) is 14.3. The van der Waals surface area contributed by atoms with E-state index in [1.165, 1.54) is 11.1 Å². The summed E-state index contributed by atoms with van der Waals surface area (Å²) in [7, 11) is 2.17. The van der Waals surface area contributed by atoms with Gasteiger partial charge in [0.1, 0.15) is 5.75 Å². The van der Waals surface area contributed by atoms with Gasteiger partial charge in [-0.25, -0.2) is 0 Å². The number of hydrogen-bond donors (Lipinski definition) is 1. The van der Waals surface area contributed by atoms with E-state index in [2.05, 4.69) is 44.0 Å². The Balaban J connectivity index is 2.51. The van der Waals surface area contributed by atoms with Crippen LogP contribution in [0, 0.1) is 6.92 Å². The van der Waals surface area contributed by atoms with Crippen LogP contribution in [-0.4, -0.2) is 37.7 Å². The molecule has 0 fully saturated rings. The van der Waals surface area contributed by atoms with Crippen molar-refractivity contribution < 1.29 is 4.74 Å². The van der Waals surface area contributed by atoms with E-state index in [0.717, 1.165) is 38.3 Å². The van der Waals surface area contributed by atoms with Gasteiger partial charge in [-0.1, -0.05) is 12.1 Å². The molecule has 2 N–H and O–H groups in total. The molecular formula is C16H28N2O. The Morgan fingerprint density at radius 1 is 1.37 bits per heavy atom. The van der Waals surface area contributed by atoms with Crippen LogP contribution in [0.3, 0.4) is 0 Å². The molecule has 1 aromatic rings. The highest BCUT2D eigenvalue weighted by molar-refractivity contribution is 5.36. The first kappa shape index (κ1) is 16.0. The summed E-state index contributed by atoms with van der Waals surface area (Å²) >= 11 is 0. The molecule has 0 heterocycles. The van der Waals surface area contributed by atoms with Crippen LogP contribution in [0.2, 0.25) is 0 Å². The van der Waals surface area contributed by atoms with Gasteiger partial charge in [0, 0.05) is 12.6 Å². The van der Waals surface area contributed by atoms with Crippen LogP contribution < -0.4 is 10.5 Å². The molecule has 108 valence electrons. The molecule has 0 radical (unpaired) electrons. The Kier molecular flexibility index (Phi) is 6.89. The highest BCUT2D eigenvalue weighted by Gasteiger charge is 2.08. The van der Waals surface area contributed by atoms with Gasteiger partial charge in [0.2, 0.25) is 0 Å². The van der Waals surface area contributed by atoms with Crippen molar-refractivity contribution in [2.75, 3.05) is 26.7 Å². The van der Waals surface area contributed by atoms with Crippen LogP contribution in [0.4, 0.5) is 0 Å². The lowest BCUT2D eigenvalue weighted by molar-refractivity contribution is 0.251. The minimum atomic E-state index is 0.550. The monoisotopic (exact) mass is 264 g/mol. The van der Waals surface area contributed by atoms with Gasteiger partial charge in [0.05, 0.1) is 6.61 Å². The van der Waals surface area contributed by atoms with E-state index < -0.39 is 0 Å². The third kappa shape index (κ3) is 5.21. The molecule has 0 aliphatic heterocycles. The molecule has 0 aliphatic rings. The Morgan fingerprint density at radius 3 is 2.68 bits per heavy atom. The molecule has 0 aromatic heterocycles. The maximum atomic E-state index is 5.60. The molecule has 0 bridgehead atoms. The number of hydrogen-bond acceptors (Lipinski definition) is 3. The summed E-state index contributed by atoms with van der Waals surface area (Å²) in [4.78, 5) is 2.37. The van der Waals surface area contributed by atoms with Gasteiger partial charge in [-0.15, -0.1) is 0 Å². The predicted molar refractivity (Wildman–Crippen MR) is 81.8 cm³/mol. The number of ether oxygens (including phenoxy) is 1. The highest BCUT2D eigenvalue weighted by Crippen LogP contribution is 2.19. The Bertz CT molecular complexity index is 379. The van der Waals surface area contributed by atoms with E-state index in [-0.39, 0.29) is 0 Å². The van der Waals surface area contributed by atoms with E-state index >= 15 is 0 Å². The highest BCUT2D eigenvalue weighted by atomic mass is 16.5. The first-order chi connectivity index (χ1) is 9.08. The Hall–Kier alpha value is -1.06. The van der Waals surface area contributed by atoms with Gasteiger partial charge in [-0.3, -0.25) is 0 Å². The molecule has 1 aromatic carbocycles. The van der Waals surface area contributed by atoms with Crippen molar-refractivity contribution in [3.05, 3.63) is 29.3 Å². The molecule has 1 rings (SSSR count). The van der Waals surface area contributed by atoms with Crippen molar-refractivity contribution >= 4 is 0 Å². The number of likely N-dealkylation sites (N-methyl/N-ethyl adjacent to an activating group) is 1. The van der Waals surface area contributed by atoms with Crippen molar-refractivity contribution in [2.45, 2.75) is 39.7 Å². The second-order valence-electron chi connectivity index (χ2n) is 5.19. The van der Waals surface area contributed by atoms with Crippen molar-refractivity contribution in [3.63, 3.8) is 0 Å². The van der Waals surface area contributed by atoms with E-state index in [9.17, 15) is 0 Å². The van der Waals surface area contributed by atoms with Gasteiger partial charge in [-0.05, 0) is 64.4 Å². The number of nitrogens with zero attached hydrogens (tertiary/aromatic N) is 1. The molecule has 0 aliphatic carbocycles. The third-order valence-electron chi connectivity index (χ3n) is 3.63. The maximum absolute atomic E-state index is 5.60. The van der Waals surface area contributed by atoms with Crippen molar-refractivity contribution in [1.29, 1.82) is 0 Å². The lowest BCUT2D eigenvalue weighted by atomic mass is 10.1. The molecule has 0 spiro atoms. The fraction of sp³-hybridized carbons (Fsp3) is 0.625. The normalized spacial score (nSPS) is 12.7.